The van der Waals surface area contributed by atoms with Gasteiger partial charge in [-0.3, -0.25) is 0 Å². The minimum atomic E-state index is -0.503. The summed E-state index contributed by atoms with van der Waals surface area (Å²) in [5.74, 6) is 1.09. The van der Waals surface area contributed by atoms with Gasteiger partial charge in [-0.15, -0.1) is 0 Å². The van der Waals surface area contributed by atoms with Gasteiger partial charge in [0.05, 0.1) is 13.2 Å². The average molecular weight is 551 g/mol. The fraction of sp³-hybridized carbons (Fsp3) is 0.455. The Bertz CT molecular complexity index is 694. The van der Waals surface area contributed by atoms with Crippen molar-refractivity contribution < 1.29 is 38.1 Å². The SMILES string of the molecule is C=CC(=O)OCCCSSCCCOC(=O)C=CC=CC(=O)OCCSSCCOC(=O)C=C. The van der Waals surface area contributed by atoms with Crippen molar-refractivity contribution in [2.45, 2.75) is 12.8 Å². The first kappa shape index (κ1) is 32.2. The highest BCUT2D eigenvalue weighted by molar-refractivity contribution is 8.77. The average Bonchev–Trinajstić information content (AvgIpc) is 2.84. The number of ether oxygens (including phenoxy) is 4. The Hall–Kier alpha value is -1.76. The Labute approximate surface area is 216 Å². The van der Waals surface area contributed by atoms with Gasteiger partial charge in [0.2, 0.25) is 0 Å². The second-order valence-corrected chi connectivity index (χ2v) is 11.2. The topological polar surface area (TPSA) is 105 Å². The van der Waals surface area contributed by atoms with E-state index in [-0.39, 0.29) is 6.61 Å². The smallest absolute Gasteiger partial charge is 0.330 e. The molecule has 0 bridgehead atoms. The lowest BCUT2D eigenvalue weighted by molar-refractivity contribution is -0.138. The maximum absolute atomic E-state index is 11.6. The van der Waals surface area contributed by atoms with E-state index in [2.05, 4.69) is 13.2 Å². The minimum Gasteiger partial charge on any atom is -0.463 e. The van der Waals surface area contributed by atoms with E-state index in [0.29, 0.717) is 31.3 Å². The third-order valence-electron chi connectivity index (χ3n) is 3.13. The molecule has 12 heteroatoms. The summed E-state index contributed by atoms with van der Waals surface area (Å²) in [5.41, 5.74) is 0. The van der Waals surface area contributed by atoms with Gasteiger partial charge in [0.25, 0.3) is 0 Å². The van der Waals surface area contributed by atoms with Gasteiger partial charge in [0.15, 0.2) is 0 Å². The molecule has 0 N–H and O–H groups in total. The number of hydrogen-bond donors (Lipinski definition) is 0. The largest absolute Gasteiger partial charge is 0.463 e. The van der Waals surface area contributed by atoms with Crippen LogP contribution >= 0.6 is 43.2 Å². The van der Waals surface area contributed by atoms with E-state index in [1.54, 1.807) is 21.6 Å². The number of hydrogen-bond acceptors (Lipinski definition) is 12. The Morgan fingerprint density at radius 1 is 0.529 bits per heavy atom. The number of rotatable bonds is 21. The highest BCUT2D eigenvalue weighted by atomic mass is 33.1. The zero-order chi connectivity index (χ0) is 25.3. The van der Waals surface area contributed by atoms with Crippen LogP contribution in [0.3, 0.4) is 0 Å². The molecule has 0 aromatic rings. The van der Waals surface area contributed by atoms with Gasteiger partial charge in [-0.05, 0) is 12.8 Å². The maximum Gasteiger partial charge on any atom is 0.330 e. The fourth-order valence-electron chi connectivity index (χ4n) is 1.65. The molecule has 8 nitrogen and oxygen atoms in total. The summed E-state index contributed by atoms with van der Waals surface area (Å²) in [6.45, 7) is 7.87. The lowest BCUT2D eigenvalue weighted by Gasteiger charge is -2.03. The van der Waals surface area contributed by atoms with Gasteiger partial charge in [0, 0.05) is 47.3 Å². The van der Waals surface area contributed by atoms with Crippen LogP contribution in [0.4, 0.5) is 0 Å². The van der Waals surface area contributed by atoms with Crippen LogP contribution in [0.2, 0.25) is 0 Å². The summed E-state index contributed by atoms with van der Waals surface area (Å²) in [6, 6.07) is 0. The molecule has 0 saturated carbocycles. The molecule has 0 aliphatic rings. The molecular formula is C22H30O8S4. The number of carbonyl (C=O) groups excluding carboxylic acids is 4. The molecule has 0 heterocycles. The summed E-state index contributed by atoms with van der Waals surface area (Å²) in [5, 5.41) is 0. The van der Waals surface area contributed by atoms with E-state index in [4.69, 9.17) is 18.9 Å². The second-order valence-electron chi connectivity index (χ2n) is 5.79. The number of allylic oxidation sites excluding steroid dienone is 2. The highest BCUT2D eigenvalue weighted by Gasteiger charge is 2.00. The first-order valence-corrected chi connectivity index (χ1v) is 15.2. The van der Waals surface area contributed by atoms with Crippen LogP contribution in [0.5, 0.6) is 0 Å². The van der Waals surface area contributed by atoms with Crippen molar-refractivity contribution in [1.29, 1.82) is 0 Å². The van der Waals surface area contributed by atoms with E-state index < -0.39 is 23.9 Å². The van der Waals surface area contributed by atoms with E-state index in [0.717, 1.165) is 36.5 Å². The van der Waals surface area contributed by atoms with E-state index in [1.165, 1.54) is 45.9 Å². The maximum atomic E-state index is 11.6. The van der Waals surface area contributed by atoms with Gasteiger partial charge in [-0.2, -0.15) is 0 Å². The number of carbonyl (C=O) groups is 4. The van der Waals surface area contributed by atoms with Crippen molar-refractivity contribution >= 4 is 67.1 Å². The molecule has 0 atom stereocenters. The normalized spacial score (nSPS) is 10.7. The van der Waals surface area contributed by atoms with E-state index >= 15 is 0 Å². The molecule has 190 valence electrons. The molecule has 0 radical (unpaired) electrons. The van der Waals surface area contributed by atoms with E-state index in [9.17, 15) is 19.2 Å². The quantitative estimate of drug-likeness (QED) is 0.0511. The predicted molar refractivity (Wildman–Crippen MR) is 142 cm³/mol. The van der Waals surface area contributed by atoms with Gasteiger partial charge < -0.3 is 18.9 Å². The summed E-state index contributed by atoms with van der Waals surface area (Å²) in [7, 11) is 6.36. The lowest BCUT2D eigenvalue weighted by Crippen LogP contribution is -2.05. The molecule has 0 fully saturated rings. The Balaban J connectivity index is 3.55. The van der Waals surface area contributed by atoms with Crippen LogP contribution in [0, 0.1) is 0 Å². The molecule has 0 aliphatic carbocycles. The molecule has 0 aliphatic heterocycles. The van der Waals surface area contributed by atoms with Crippen LogP contribution in [-0.4, -0.2) is 73.3 Å². The molecule has 34 heavy (non-hydrogen) atoms. The molecule has 0 rings (SSSR count). The van der Waals surface area contributed by atoms with Crippen molar-refractivity contribution in [1.82, 2.24) is 0 Å². The van der Waals surface area contributed by atoms with Gasteiger partial charge >= 0.3 is 23.9 Å². The molecule has 0 aromatic carbocycles. The van der Waals surface area contributed by atoms with Gasteiger partial charge in [-0.1, -0.05) is 68.5 Å². The monoisotopic (exact) mass is 550 g/mol. The summed E-state index contributed by atoms with van der Waals surface area (Å²) in [4.78, 5) is 44.8. The molecule has 0 amide bonds. The third-order valence-corrected chi connectivity index (χ3v) is 8.04. The zero-order valence-electron chi connectivity index (χ0n) is 18.8. The Morgan fingerprint density at radius 3 is 1.32 bits per heavy atom. The second kappa shape index (κ2) is 24.4. The third kappa shape index (κ3) is 23.4. The Kier molecular flexibility index (Phi) is 23.1. The van der Waals surface area contributed by atoms with Gasteiger partial charge in [0.1, 0.15) is 13.2 Å². The van der Waals surface area contributed by atoms with Crippen LogP contribution in [-0.2, 0) is 38.1 Å². The molecule has 0 unspecified atom stereocenters. The van der Waals surface area contributed by atoms with Crippen LogP contribution in [0.1, 0.15) is 12.8 Å². The standard InChI is InChI=1S/C22H30O8S4/c1-3-19(23)27-11-7-15-31-32-16-8-12-28-21(25)9-5-6-10-22(26)30-14-18-34-33-17-13-29-20(24)4-2/h3-6,9-10H,1-2,7-8,11-18H2. The zero-order valence-corrected chi connectivity index (χ0v) is 22.1. The summed E-state index contributed by atoms with van der Waals surface area (Å²) >= 11 is 0. The minimum absolute atomic E-state index is 0.248. The van der Waals surface area contributed by atoms with Gasteiger partial charge in [-0.25, -0.2) is 19.2 Å². The lowest BCUT2D eigenvalue weighted by atomic mass is 10.4. The number of esters is 4. The molecule has 0 aromatic heterocycles. The van der Waals surface area contributed by atoms with Crippen LogP contribution in [0.15, 0.2) is 49.6 Å². The molecule has 0 saturated heterocycles. The van der Waals surface area contributed by atoms with Crippen LogP contribution < -0.4 is 0 Å². The predicted octanol–water partition coefficient (Wildman–Crippen LogP) is 4.19. The first-order valence-electron chi connectivity index (χ1n) is 10.2. The Morgan fingerprint density at radius 2 is 0.882 bits per heavy atom. The van der Waals surface area contributed by atoms with Crippen molar-refractivity contribution in [2.75, 3.05) is 49.4 Å². The van der Waals surface area contributed by atoms with Crippen molar-refractivity contribution in [3.63, 3.8) is 0 Å². The summed E-state index contributed by atoms with van der Waals surface area (Å²) in [6.07, 6.45) is 9.05. The molecule has 0 spiro atoms. The first-order chi connectivity index (χ1) is 16.5. The molecular weight excluding hydrogens is 521 g/mol. The summed E-state index contributed by atoms with van der Waals surface area (Å²) < 4.78 is 19.8. The van der Waals surface area contributed by atoms with Crippen molar-refractivity contribution in [2.24, 2.45) is 0 Å². The highest BCUT2D eigenvalue weighted by Crippen LogP contribution is 2.22. The van der Waals surface area contributed by atoms with E-state index in [1.807, 2.05) is 0 Å². The van der Waals surface area contributed by atoms with Crippen LogP contribution in [0.25, 0.3) is 0 Å². The fourth-order valence-corrected chi connectivity index (χ4v) is 5.43. The van der Waals surface area contributed by atoms with Crippen molar-refractivity contribution in [3.8, 4) is 0 Å². The van der Waals surface area contributed by atoms with Crippen molar-refractivity contribution in [3.05, 3.63) is 49.6 Å².